The van der Waals surface area contributed by atoms with Crippen LogP contribution in [-0.4, -0.2) is 40.7 Å². The van der Waals surface area contributed by atoms with E-state index in [1.54, 1.807) is 11.0 Å². The van der Waals surface area contributed by atoms with Crippen molar-refractivity contribution in [3.05, 3.63) is 58.5 Å². The first-order valence-electron chi connectivity index (χ1n) is 9.03. The molecule has 9 nitrogen and oxygen atoms in total. The van der Waals surface area contributed by atoms with Gasteiger partial charge in [-0.25, -0.2) is 4.98 Å². The summed E-state index contributed by atoms with van der Waals surface area (Å²) in [6, 6.07) is 12.3. The molecule has 0 amide bonds. The van der Waals surface area contributed by atoms with E-state index in [0.717, 1.165) is 19.4 Å². The summed E-state index contributed by atoms with van der Waals surface area (Å²) in [6.07, 6.45) is 1.80. The molecular weight excluding hydrogens is 360 g/mol. The van der Waals surface area contributed by atoms with E-state index in [4.69, 9.17) is 4.52 Å². The average molecular weight is 380 g/mol. The maximum absolute atomic E-state index is 11.5. The maximum atomic E-state index is 11.5. The van der Waals surface area contributed by atoms with Gasteiger partial charge in [0.2, 0.25) is 0 Å². The number of pyridine rings is 1. The van der Waals surface area contributed by atoms with Gasteiger partial charge in [0, 0.05) is 32.3 Å². The minimum atomic E-state index is -0.401. The molecule has 28 heavy (non-hydrogen) atoms. The lowest BCUT2D eigenvalue weighted by Gasteiger charge is -2.23. The zero-order valence-corrected chi connectivity index (χ0v) is 15.6. The van der Waals surface area contributed by atoms with Gasteiger partial charge in [-0.05, 0) is 24.1 Å². The fourth-order valence-corrected chi connectivity index (χ4v) is 3.40. The topological polar surface area (TPSA) is 101 Å². The van der Waals surface area contributed by atoms with Crippen LogP contribution in [0.1, 0.15) is 24.8 Å². The average Bonchev–Trinajstić information content (AvgIpc) is 3.37. The van der Waals surface area contributed by atoms with Crippen molar-refractivity contribution in [2.75, 3.05) is 30.4 Å². The standard InChI is InChI=1S/C19H20N6O3/c1-23(2)19-21-18(28-22-19)15-9-6-12-24(15)16-11-10-14(25(26)27)17(20-16)13-7-4-3-5-8-13/h3-5,7-8,10-11,15H,6,9,12H2,1-2H3. The predicted octanol–water partition coefficient (Wildman–Crippen LogP) is 3.45. The van der Waals surface area contributed by atoms with Crippen LogP contribution in [-0.2, 0) is 0 Å². The lowest BCUT2D eigenvalue weighted by atomic mass is 10.1. The molecule has 1 aromatic carbocycles. The molecule has 4 rings (SSSR count). The van der Waals surface area contributed by atoms with Gasteiger partial charge in [0.1, 0.15) is 11.9 Å². The van der Waals surface area contributed by atoms with Crippen LogP contribution in [0.3, 0.4) is 0 Å². The maximum Gasteiger partial charge on any atom is 0.295 e. The summed E-state index contributed by atoms with van der Waals surface area (Å²) in [5.74, 6) is 1.71. The van der Waals surface area contributed by atoms with E-state index >= 15 is 0 Å². The molecule has 0 spiro atoms. The van der Waals surface area contributed by atoms with Crippen LogP contribution >= 0.6 is 0 Å². The van der Waals surface area contributed by atoms with Crippen LogP contribution in [0, 0.1) is 10.1 Å². The summed E-state index contributed by atoms with van der Waals surface area (Å²) in [4.78, 5) is 24.1. The second-order valence-electron chi connectivity index (χ2n) is 6.84. The second-order valence-corrected chi connectivity index (χ2v) is 6.84. The monoisotopic (exact) mass is 380 g/mol. The normalized spacial score (nSPS) is 16.4. The van der Waals surface area contributed by atoms with Crippen molar-refractivity contribution in [1.29, 1.82) is 0 Å². The first-order valence-corrected chi connectivity index (χ1v) is 9.03. The number of anilines is 2. The fourth-order valence-electron chi connectivity index (χ4n) is 3.40. The highest BCUT2D eigenvalue weighted by molar-refractivity contribution is 5.71. The molecule has 0 radical (unpaired) electrons. The summed E-state index contributed by atoms with van der Waals surface area (Å²) in [6.45, 7) is 0.767. The van der Waals surface area contributed by atoms with Crippen molar-refractivity contribution in [3.63, 3.8) is 0 Å². The van der Waals surface area contributed by atoms with Crippen molar-refractivity contribution < 1.29 is 9.45 Å². The van der Waals surface area contributed by atoms with Gasteiger partial charge < -0.3 is 14.3 Å². The van der Waals surface area contributed by atoms with Crippen LogP contribution in [0.25, 0.3) is 11.3 Å². The number of rotatable bonds is 5. The number of aromatic nitrogens is 3. The Balaban J connectivity index is 1.72. The van der Waals surface area contributed by atoms with E-state index in [9.17, 15) is 10.1 Å². The highest BCUT2D eigenvalue weighted by Crippen LogP contribution is 2.37. The van der Waals surface area contributed by atoms with Gasteiger partial charge in [0.25, 0.3) is 17.5 Å². The molecule has 0 saturated carbocycles. The Hall–Kier alpha value is -3.49. The van der Waals surface area contributed by atoms with Crippen molar-refractivity contribution in [2.24, 2.45) is 0 Å². The van der Waals surface area contributed by atoms with E-state index in [-0.39, 0.29) is 11.7 Å². The SMILES string of the molecule is CN(C)c1noc(C2CCCN2c2ccc([N+](=O)[O-])c(-c3ccccc3)n2)n1. The Kier molecular flexibility index (Phi) is 4.64. The third-order valence-electron chi connectivity index (χ3n) is 4.77. The molecule has 1 aliphatic rings. The lowest BCUT2D eigenvalue weighted by Crippen LogP contribution is -2.24. The number of benzene rings is 1. The third kappa shape index (κ3) is 3.26. The molecule has 1 aliphatic heterocycles. The molecule has 9 heteroatoms. The van der Waals surface area contributed by atoms with Crippen LogP contribution < -0.4 is 9.80 Å². The summed E-state index contributed by atoms with van der Waals surface area (Å²) < 4.78 is 5.46. The molecule has 0 aliphatic carbocycles. The molecule has 1 fully saturated rings. The number of nitrogens with zero attached hydrogens (tertiary/aromatic N) is 6. The Morgan fingerprint density at radius 1 is 1.18 bits per heavy atom. The summed E-state index contributed by atoms with van der Waals surface area (Å²) in [5.41, 5.74) is 1.05. The molecule has 1 atom stereocenters. The Morgan fingerprint density at radius 2 is 1.96 bits per heavy atom. The van der Waals surface area contributed by atoms with Gasteiger partial charge in [0.05, 0.1) is 4.92 Å². The van der Waals surface area contributed by atoms with Gasteiger partial charge in [-0.3, -0.25) is 10.1 Å². The van der Waals surface area contributed by atoms with Crippen molar-refractivity contribution >= 4 is 17.5 Å². The minimum absolute atomic E-state index is 0.0154. The van der Waals surface area contributed by atoms with E-state index in [1.807, 2.05) is 44.4 Å². The molecule has 0 bridgehead atoms. The number of hydrogen-bond acceptors (Lipinski definition) is 8. The smallest absolute Gasteiger partial charge is 0.295 e. The molecule has 3 heterocycles. The summed E-state index contributed by atoms with van der Waals surface area (Å²) >= 11 is 0. The van der Waals surface area contributed by atoms with Crippen LogP contribution in [0.4, 0.5) is 17.5 Å². The Morgan fingerprint density at radius 3 is 2.64 bits per heavy atom. The first-order chi connectivity index (χ1) is 13.5. The van der Waals surface area contributed by atoms with Gasteiger partial charge in [-0.2, -0.15) is 4.98 Å². The molecule has 144 valence electrons. The summed E-state index contributed by atoms with van der Waals surface area (Å²) in [5, 5.41) is 15.5. The third-order valence-corrected chi connectivity index (χ3v) is 4.77. The van der Waals surface area contributed by atoms with E-state index < -0.39 is 4.92 Å². The van der Waals surface area contributed by atoms with Crippen molar-refractivity contribution in [3.8, 4) is 11.3 Å². The number of nitro groups is 1. The number of hydrogen-bond donors (Lipinski definition) is 0. The molecular formula is C19H20N6O3. The molecule has 0 N–H and O–H groups in total. The zero-order valence-electron chi connectivity index (χ0n) is 15.6. The summed E-state index contributed by atoms with van der Waals surface area (Å²) in [7, 11) is 3.70. The molecule has 1 saturated heterocycles. The molecule has 1 unspecified atom stereocenters. The van der Waals surface area contributed by atoms with Gasteiger partial charge in [0.15, 0.2) is 5.69 Å². The van der Waals surface area contributed by atoms with Crippen LogP contribution in [0.15, 0.2) is 47.0 Å². The lowest BCUT2D eigenvalue weighted by molar-refractivity contribution is -0.384. The van der Waals surface area contributed by atoms with E-state index in [1.165, 1.54) is 6.07 Å². The predicted molar refractivity (Wildman–Crippen MR) is 104 cm³/mol. The largest absolute Gasteiger partial charge is 0.345 e. The molecule has 2 aromatic heterocycles. The minimum Gasteiger partial charge on any atom is -0.345 e. The highest BCUT2D eigenvalue weighted by atomic mass is 16.6. The highest BCUT2D eigenvalue weighted by Gasteiger charge is 2.33. The quantitative estimate of drug-likeness (QED) is 0.490. The first kappa shape index (κ1) is 17.9. The van der Waals surface area contributed by atoms with Crippen LogP contribution in [0.2, 0.25) is 0 Å². The van der Waals surface area contributed by atoms with E-state index in [2.05, 4.69) is 20.0 Å². The van der Waals surface area contributed by atoms with Crippen molar-refractivity contribution in [2.45, 2.75) is 18.9 Å². The van der Waals surface area contributed by atoms with Gasteiger partial charge >= 0.3 is 0 Å². The van der Waals surface area contributed by atoms with Crippen LogP contribution in [0.5, 0.6) is 0 Å². The Bertz CT molecular complexity index is 988. The zero-order chi connectivity index (χ0) is 19.7. The van der Waals surface area contributed by atoms with Gasteiger partial charge in [-0.1, -0.05) is 30.3 Å². The molecule has 3 aromatic rings. The second kappa shape index (κ2) is 7.26. The Labute approximate surface area is 161 Å². The fraction of sp³-hybridized carbons (Fsp3) is 0.316. The van der Waals surface area contributed by atoms with Gasteiger partial charge in [-0.15, -0.1) is 0 Å². The van der Waals surface area contributed by atoms with E-state index in [0.29, 0.717) is 28.9 Å². The van der Waals surface area contributed by atoms with Crippen molar-refractivity contribution in [1.82, 2.24) is 15.1 Å².